The van der Waals surface area contributed by atoms with Gasteiger partial charge in [-0.05, 0) is 34.0 Å². The molecule has 0 N–H and O–H groups in total. The van der Waals surface area contributed by atoms with E-state index in [2.05, 4.69) is 134 Å². The maximum atomic E-state index is 5.32. The monoisotopic (exact) mass is 595 g/mol. The van der Waals surface area contributed by atoms with E-state index in [1.165, 1.54) is 48.0 Å². The molecule has 3 heterocycles. The van der Waals surface area contributed by atoms with Crippen molar-refractivity contribution >= 4 is 44.3 Å². The first kappa shape index (κ1) is 26.2. The molecule has 2 aromatic heterocycles. The zero-order valence-corrected chi connectivity index (χ0v) is 25.8. The Morgan fingerprint density at radius 2 is 1.22 bits per heavy atom. The molecule has 8 aromatic rings. The van der Waals surface area contributed by atoms with Gasteiger partial charge in [-0.2, -0.15) is 0 Å². The molecule has 0 fully saturated rings. The van der Waals surface area contributed by atoms with Crippen LogP contribution in [0.1, 0.15) is 25.0 Å². The van der Waals surface area contributed by atoms with Crippen LogP contribution in [-0.2, 0) is 5.41 Å². The van der Waals surface area contributed by atoms with Crippen molar-refractivity contribution < 1.29 is 0 Å². The zero-order valence-electron chi connectivity index (χ0n) is 25.0. The number of benzene rings is 6. The van der Waals surface area contributed by atoms with Gasteiger partial charge >= 0.3 is 0 Å². The first-order chi connectivity index (χ1) is 22.1. The molecule has 0 radical (unpaired) electrons. The molecular formula is C41H29N3S. The zero-order chi connectivity index (χ0) is 30.1. The van der Waals surface area contributed by atoms with Crippen LogP contribution in [0.5, 0.6) is 0 Å². The Labute approximate surface area is 266 Å². The van der Waals surface area contributed by atoms with Crippen LogP contribution in [0.4, 0.5) is 0 Å². The number of rotatable bonds is 3. The second-order valence-corrected chi connectivity index (χ2v) is 13.3. The van der Waals surface area contributed by atoms with Gasteiger partial charge in [0.15, 0.2) is 5.82 Å². The van der Waals surface area contributed by atoms with Crippen LogP contribution in [0.25, 0.3) is 61.0 Å². The van der Waals surface area contributed by atoms with Crippen LogP contribution in [-0.4, -0.2) is 14.5 Å². The Balaban J connectivity index is 1.47. The lowest BCUT2D eigenvalue weighted by molar-refractivity contribution is 0.615. The van der Waals surface area contributed by atoms with Gasteiger partial charge in [0.25, 0.3) is 0 Å². The molecule has 6 aromatic carbocycles. The molecule has 9 rings (SSSR count). The Kier molecular flexibility index (Phi) is 5.78. The fourth-order valence-electron chi connectivity index (χ4n) is 7.18. The standard InChI is InChI=1S/C41H29N3S/c1-41(2)31-22-12-14-24-34(31)45-39-37(41)29-20-10-9-19-28(29)36-30-21-11-13-23-33(30)44(38(36)39)35-25-32(26-15-5-3-6-16-26)42-40(43-35)27-17-7-4-8-18-27/h3-25H,1-2H3. The highest BCUT2D eigenvalue weighted by Crippen LogP contribution is 2.55. The van der Waals surface area contributed by atoms with Crippen molar-refractivity contribution in [2.45, 2.75) is 29.1 Å². The van der Waals surface area contributed by atoms with Gasteiger partial charge in [-0.1, -0.05) is 147 Å². The summed E-state index contributed by atoms with van der Waals surface area (Å²) in [5.74, 6) is 1.58. The summed E-state index contributed by atoms with van der Waals surface area (Å²) < 4.78 is 2.40. The number of nitrogens with zero attached hydrogens (tertiary/aromatic N) is 3. The van der Waals surface area contributed by atoms with Crippen LogP contribution in [0.2, 0.25) is 0 Å². The van der Waals surface area contributed by atoms with Gasteiger partial charge < -0.3 is 0 Å². The molecule has 0 saturated heterocycles. The highest BCUT2D eigenvalue weighted by molar-refractivity contribution is 7.99. The van der Waals surface area contributed by atoms with E-state index in [0.717, 1.165) is 28.2 Å². The largest absolute Gasteiger partial charge is 0.292 e. The Hall–Kier alpha value is -5.19. The van der Waals surface area contributed by atoms with Crippen molar-refractivity contribution in [1.82, 2.24) is 14.5 Å². The minimum absolute atomic E-state index is 0.192. The van der Waals surface area contributed by atoms with E-state index in [-0.39, 0.29) is 5.41 Å². The van der Waals surface area contributed by atoms with Crippen molar-refractivity contribution in [3.05, 3.63) is 151 Å². The Morgan fingerprint density at radius 1 is 0.600 bits per heavy atom. The third-order valence-electron chi connectivity index (χ3n) is 9.22. The number of aromatic nitrogens is 3. The van der Waals surface area contributed by atoms with E-state index >= 15 is 0 Å². The number of hydrogen-bond acceptors (Lipinski definition) is 3. The summed E-state index contributed by atoms with van der Waals surface area (Å²) in [6.07, 6.45) is 0. The van der Waals surface area contributed by atoms with Crippen LogP contribution >= 0.6 is 11.8 Å². The van der Waals surface area contributed by atoms with Gasteiger partial charge in [0.05, 0.1) is 16.7 Å². The lowest BCUT2D eigenvalue weighted by Gasteiger charge is -2.36. The number of hydrogen-bond donors (Lipinski definition) is 0. The van der Waals surface area contributed by atoms with Crippen LogP contribution in [0.15, 0.2) is 149 Å². The minimum Gasteiger partial charge on any atom is -0.292 e. The first-order valence-corrected chi connectivity index (χ1v) is 16.2. The predicted molar refractivity (Wildman–Crippen MR) is 187 cm³/mol. The molecule has 4 heteroatoms. The summed E-state index contributed by atoms with van der Waals surface area (Å²) >= 11 is 1.89. The maximum Gasteiger partial charge on any atom is 0.162 e. The van der Waals surface area contributed by atoms with E-state index in [4.69, 9.17) is 9.97 Å². The lowest BCUT2D eigenvalue weighted by Crippen LogP contribution is -2.24. The average molecular weight is 596 g/mol. The summed E-state index contributed by atoms with van der Waals surface area (Å²) in [5, 5.41) is 5.08. The summed E-state index contributed by atoms with van der Waals surface area (Å²) in [4.78, 5) is 13.0. The molecule has 0 unspecified atom stereocenters. The SMILES string of the molecule is CC1(C)c2ccccc2Sc2c1c1ccccc1c1c3ccccc3n(-c3cc(-c4ccccc4)nc(-c4ccccc4)n3)c21. The average Bonchev–Trinajstić information content (AvgIpc) is 3.45. The molecule has 0 spiro atoms. The molecular weight excluding hydrogens is 567 g/mol. The third-order valence-corrected chi connectivity index (χ3v) is 10.4. The molecule has 45 heavy (non-hydrogen) atoms. The van der Waals surface area contributed by atoms with E-state index in [0.29, 0.717) is 5.82 Å². The van der Waals surface area contributed by atoms with E-state index in [1.54, 1.807) is 0 Å². The first-order valence-electron chi connectivity index (χ1n) is 15.4. The molecule has 3 nitrogen and oxygen atoms in total. The molecule has 0 bridgehead atoms. The van der Waals surface area contributed by atoms with E-state index < -0.39 is 0 Å². The van der Waals surface area contributed by atoms with Crippen LogP contribution in [0, 0.1) is 0 Å². The predicted octanol–water partition coefficient (Wildman–Crippen LogP) is 10.9. The highest BCUT2D eigenvalue weighted by Gasteiger charge is 2.37. The second-order valence-electron chi connectivity index (χ2n) is 12.2. The second kappa shape index (κ2) is 9.91. The Bertz CT molecular complexity index is 2370. The molecule has 0 amide bonds. The van der Waals surface area contributed by atoms with Gasteiger partial charge in [0.1, 0.15) is 5.82 Å². The summed E-state index contributed by atoms with van der Waals surface area (Å²) in [6.45, 7) is 4.75. The minimum atomic E-state index is -0.192. The summed E-state index contributed by atoms with van der Waals surface area (Å²) in [7, 11) is 0. The van der Waals surface area contributed by atoms with Crippen molar-refractivity contribution in [1.29, 1.82) is 0 Å². The Morgan fingerprint density at radius 3 is 2.00 bits per heavy atom. The van der Waals surface area contributed by atoms with Crippen LogP contribution in [0.3, 0.4) is 0 Å². The molecule has 1 aliphatic rings. The van der Waals surface area contributed by atoms with Gasteiger partial charge in [0, 0.05) is 43.2 Å². The fraction of sp³-hybridized carbons (Fsp3) is 0.0732. The maximum absolute atomic E-state index is 5.32. The lowest BCUT2D eigenvalue weighted by atomic mass is 9.75. The number of fused-ring (bicyclic) bond motifs is 9. The molecule has 1 aliphatic heterocycles. The van der Waals surface area contributed by atoms with Crippen molar-refractivity contribution in [2.75, 3.05) is 0 Å². The summed E-state index contributed by atoms with van der Waals surface area (Å²) in [6, 6.07) is 49.5. The third kappa shape index (κ3) is 3.92. The number of para-hydroxylation sites is 1. The summed E-state index contributed by atoms with van der Waals surface area (Å²) in [5.41, 5.74) is 7.86. The smallest absolute Gasteiger partial charge is 0.162 e. The van der Waals surface area contributed by atoms with Gasteiger partial charge in [-0.15, -0.1) is 0 Å². The van der Waals surface area contributed by atoms with Crippen molar-refractivity contribution in [2.24, 2.45) is 0 Å². The van der Waals surface area contributed by atoms with Crippen LogP contribution < -0.4 is 0 Å². The topological polar surface area (TPSA) is 30.7 Å². The van der Waals surface area contributed by atoms with Gasteiger partial charge in [-0.25, -0.2) is 9.97 Å². The molecule has 214 valence electrons. The highest BCUT2D eigenvalue weighted by atomic mass is 32.2. The van der Waals surface area contributed by atoms with E-state index in [1.807, 2.05) is 36.0 Å². The molecule has 0 aliphatic carbocycles. The van der Waals surface area contributed by atoms with Crippen molar-refractivity contribution in [3.63, 3.8) is 0 Å². The quantitative estimate of drug-likeness (QED) is 0.204. The van der Waals surface area contributed by atoms with Gasteiger partial charge in [0.2, 0.25) is 0 Å². The van der Waals surface area contributed by atoms with Gasteiger partial charge in [-0.3, -0.25) is 4.57 Å². The molecule has 0 atom stereocenters. The van der Waals surface area contributed by atoms with Crippen molar-refractivity contribution in [3.8, 4) is 28.5 Å². The molecule has 0 saturated carbocycles. The normalized spacial score (nSPS) is 13.6. The van der Waals surface area contributed by atoms with E-state index in [9.17, 15) is 0 Å². The fourth-order valence-corrected chi connectivity index (χ4v) is 8.74.